The highest BCUT2D eigenvalue weighted by molar-refractivity contribution is 5.76. The smallest absolute Gasteiger partial charge is 0.330 e. The van der Waals surface area contributed by atoms with Crippen LogP contribution in [-0.4, -0.2) is 49.0 Å². The average Bonchev–Trinajstić information content (AvgIpc) is 2.65. The molecule has 7 heteroatoms. The van der Waals surface area contributed by atoms with Crippen molar-refractivity contribution in [1.82, 2.24) is 4.90 Å². The van der Waals surface area contributed by atoms with Crippen molar-refractivity contribution in [2.24, 2.45) is 5.92 Å². The molecular formula is C12H19F4NO2. The highest BCUT2D eigenvalue weighted by Gasteiger charge is 2.41. The molecule has 0 aromatic carbocycles. The molecular weight excluding hydrogens is 266 g/mol. The van der Waals surface area contributed by atoms with Crippen LogP contribution in [0.5, 0.6) is 0 Å². The van der Waals surface area contributed by atoms with Crippen molar-refractivity contribution in [3.8, 4) is 0 Å². The quantitative estimate of drug-likeness (QED) is 0.554. The van der Waals surface area contributed by atoms with E-state index in [2.05, 4.69) is 4.74 Å². The van der Waals surface area contributed by atoms with Crippen LogP contribution >= 0.6 is 0 Å². The van der Waals surface area contributed by atoms with Crippen LogP contribution in [0.1, 0.15) is 26.7 Å². The van der Waals surface area contributed by atoms with Gasteiger partial charge >= 0.3 is 12.3 Å². The Morgan fingerprint density at radius 3 is 2.53 bits per heavy atom. The van der Waals surface area contributed by atoms with Crippen molar-refractivity contribution in [2.75, 3.05) is 19.8 Å². The van der Waals surface area contributed by atoms with E-state index in [1.807, 2.05) is 13.8 Å². The number of carbonyl (C=O) groups is 1. The summed E-state index contributed by atoms with van der Waals surface area (Å²) < 4.78 is 53.2. The van der Waals surface area contributed by atoms with Gasteiger partial charge in [-0.1, -0.05) is 6.92 Å². The van der Waals surface area contributed by atoms with Gasteiger partial charge in [-0.25, -0.2) is 8.78 Å². The van der Waals surface area contributed by atoms with Gasteiger partial charge in [-0.2, -0.15) is 8.78 Å². The number of hydrogen-bond donors (Lipinski definition) is 0. The fraction of sp³-hybridized carbons (Fsp3) is 0.917. The van der Waals surface area contributed by atoms with Crippen LogP contribution in [0.25, 0.3) is 0 Å². The van der Waals surface area contributed by atoms with Gasteiger partial charge in [0.15, 0.2) is 0 Å². The van der Waals surface area contributed by atoms with Gasteiger partial charge in [0.25, 0.3) is 0 Å². The molecule has 112 valence electrons. The van der Waals surface area contributed by atoms with E-state index in [1.54, 1.807) is 4.90 Å². The minimum Gasteiger partial charge on any atom is -0.374 e. The minimum absolute atomic E-state index is 0.0591. The van der Waals surface area contributed by atoms with Crippen LogP contribution in [0.2, 0.25) is 0 Å². The fourth-order valence-electron chi connectivity index (χ4n) is 2.02. The molecule has 1 amide bonds. The summed E-state index contributed by atoms with van der Waals surface area (Å²) in [6.45, 7) is 3.00. The summed E-state index contributed by atoms with van der Waals surface area (Å²) in [5.74, 6) is -3.93. The van der Waals surface area contributed by atoms with Gasteiger partial charge in [-0.15, -0.1) is 0 Å². The van der Waals surface area contributed by atoms with Crippen molar-refractivity contribution in [3.05, 3.63) is 0 Å². The first-order valence-corrected chi connectivity index (χ1v) is 6.29. The second-order valence-electron chi connectivity index (χ2n) is 4.96. The summed E-state index contributed by atoms with van der Waals surface area (Å²) in [4.78, 5) is 13.4. The molecule has 1 heterocycles. The number of halogens is 4. The van der Waals surface area contributed by atoms with Crippen molar-refractivity contribution >= 4 is 5.91 Å². The number of nitrogens with zero attached hydrogens (tertiary/aromatic N) is 1. The summed E-state index contributed by atoms with van der Waals surface area (Å²) >= 11 is 0. The molecule has 0 aromatic heterocycles. The van der Waals surface area contributed by atoms with E-state index in [0.29, 0.717) is 12.5 Å². The van der Waals surface area contributed by atoms with Gasteiger partial charge in [0.2, 0.25) is 5.91 Å². The highest BCUT2D eigenvalue weighted by atomic mass is 19.3. The van der Waals surface area contributed by atoms with E-state index in [-0.39, 0.29) is 25.0 Å². The average molecular weight is 285 g/mol. The van der Waals surface area contributed by atoms with Crippen molar-refractivity contribution in [1.29, 1.82) is 0 Å². The van der Waals surface area contributed by atoms with E-state index in [9.17, 15) is 22.4 Å². The number of alkyl halides is 4. The fourth-order valence-corrected chi connectivity index (χ4v) is 2.02. The number of amides is 1. The number of carbonyl (C=O) groups excluding carboxylic acids is 1. The molecule has 1 aliphatic rings. The van der Waals surface area contributed by atoms with Gasteiger partial charge in [0.05, 0.1) is 13.0 Å². The first kappa shape index (κ1) is 16.2. The van der Waals surface area contributed by atoms with Crippen molar-refractivity contribution in [3.63, 3.8) is 0 Å². The lowest BCUT2D eigenvalue weighted by molar-refractivity contribution is -0.167. The third-order valence-electron chi connectivity index (χ3n) is 3.53. The van der Waals surface area contributed by atoms with E-state index in [0.717, 1.165) is 6.42 Å². The molecule has 0 aromatic rings. The summed E-state index contributed by atoms with van der Waals surface area (Å²) in [5, 5.41) is 0. The maximum Gasteiger partial charge on any atom is 0.330 e. The van der Waals surface area contributed by atoms with E-state index >= 15 is 0 Å². The Balaban J connectivity index is 2.25. The predicted octanol–water partition coefficient (Wildman–Crippen LogP) is 2.55. The Kier molecular flexibility index (Phi) is 5.58. The molecule has 0 radical (unpaired) electrons. The Labute approximate surface area is 109 Å². The van der Waals surface area contributed by atoms with E-state index < -0.39 is 19.0 Å². The zero-order valence-electron chi connectivity index (χ0n) is 11.0. The largest absolute Gasteiger partial charge is 0.374 e. The number of likely N-dealkylation sites (tertiary alicyclic amines) is 1. The minimum atomic E-state index is -4.15. The second-order valence-corrected chi connectivity index (χ2v) is 4.96. The summed E-state index contributed by atoms with van der Waals surface area (Å²) in [5.41, 5.74) is 0. The summed E-state index contributed by atoms with van der Waals surface area (Å²) in [6.07, 6.45) is -2.89. The number of ether oxygens (including phenoxy) is 1. The van der Waals surface area contributed by atoms with Crippen LogP contribution < -0.4 is 0 Å². The molecule has 1 aliphatic heterocycles. The molecule has 0 spiro atoms. The molecule has 0 saturated carbocycles. The molecule has 1 saturated heterocycles. The Bertz CT molecular complexity index is 312. The number of rotatable bonds is 6. The maximum absolute atomic E-state index is 12.5. The van der Waals surface area contributed by atoms with Gasteiger partial charge in [-0.05, 0) is 19.3 Å². The SMILES string of the molecule is C[C@@H]1CCN(C(=O)CCOCC(F)(F)C(F)F)[C@H]1C. The topological polar surface area (TPSA) is 29.5 Å². The zero-order chi connectivity index (χ0) is 14.6. The van der Waals surface area contributed by atoms with Gasteiger partial charge < -0.3 is 9.64 Å². The monoisotopic (exact) mass is 285 g/mol. The van der Waals surface area contributed by atoms with Gasteiger partial charge in [0, 0.05) is 12.6 Å². The van der Waals surface area contributed by atoms with Gasteiger partial charge in [0.1, 0.15) is 6.61 Å². The molecule has 0 N–H and O–H groups in total. The van der Waals surface area contributed by atoms with Crippen LogP contribution in [0.4, 0.5) is 17.6 Å². The van der Waals surface area contributed by atoms with Gasteiger partial charge in [-0.3, -0.25) is 4.79 Å². The number of hydrogen-bond acceptors (Lipinski definition) is 2. The molecule has 0 bridgehead atoms. The molecule has 1 fully saturated rings. The first-order chi connectivity index (χ1) is 8.75. The maximum atomic E-state index is 12.5. The van der Waals surface area contributed by atoms with Crippen LogP contribution in [0.3, 0.4) is 0 Å². The third kappa shape index (κ3) is 4.33. The van der Waals surface area contributed by atoms with Crippen LogP contribution in [0, 0.1) is 5.92 Å². The first-order valence-electron chi connectivity index (χ1n) is 6.29. The lowest BCUT2D eigenvalue weighted by Crippen LogP contribution is -2.36. The lowest BCUT2D eigenvalue weighted by atomic mass is 10.1. The molecule has 1 rings (SSSR count). The summed E-state index contributed by atoms with van der Waals surface area (Å²) in [7, 11) is 0. The van der Waals surface area contributed by atoms with E-state index in [1.165, 1.54) is 0 Å². The van der Waals surface area contributed by atoms with Crippen LogP contribution in [0.15, 0.2) is 0 Å². The second kappa shape index (κ2) is 6.54. The van der Waals surface area contributed by atoms with Crippen molar-refractivity contribution in [2.45, 2.75) is 45.1 Å². The molecule has 19 heavy (non-hydrogen) atoms. The molecule has 3 nitrogen and oxygen atoms in total. The normalized spacial score (nSPS) is 24.3. The zero-order valence-corrected chi connectivity index (χ0v) is 11.0. The Morgan fingerprint density at radius 1 is 1.42 bits per heavy atom. The van der Waals surface area contributed by atoms with Crippen LogP contribution in [-0.2, 0) is 9.53 Å². The Morgan fingerprint density at radius 2 is 2.05 bits per heavy atom. The summed E-state index contributed by atoms with van der Waals surface area (Å²) in [6, 6.07) is 0.120. The standard InChI is InChI=1S/C12H19F4NO2/c1-8-3-5-17(9(8)2)10(18)4-6-19-7-12(15,16)11(13)14/h8-9,11H,3-7H2,1-2H3/t8-,9+/m1/s1. The molecule has 0 unspecified atom stereocenters. The predicted molar refractivity (Wildman–Crippen MR) is 61.3 cm³/mol. The van der Waals surface area contributed by atoms with Crippen molar-refractivity contribution < 1.29 is 27.1 Å². The van der Waals surface area contributed by atoms with E-state index in [4.69, 9.17) is 0 Å². The third-order valence-corrected chi connectivity index (χ3v) is 3.53. The Hall–Kier alpha value is -0.850. The lowest BCUT2D eigenvalue weighted by Gasteiger charge is -2.23. The molecule has 0 aliphatic carbocycles. The molecule has 2 atom stereocenters. The highest BCUT2D eigenvalue weighted by Crippen LogP contribution is 2.24.